The molecule has 1 radical (unpaired) electrons. The van der Waals surface area contributed by atoms with Gasteiger partial charge in [0.05, 0.1) is 5.38 Å². The molecule has 1 heterocycles. The highest BCUT2D eigenvalue weighted by molar-refractivity contribution is 9.11. The van der Waals surface area contributed by atoms with Crippen molar-refractivity contribution in [3.8, 4) is 0 Å². The highest BCUT2D eigenvalue weighted by Gasteiger charge is 1.90. The molecule has 0 aliphatic heterocycles. The van der Waals surface area contributed by atoms with Crippen LogP contribution < -0.4 is 0 Å². The van der Waals surface area contributed by atoms with Crippen molar-refractivity contribution in [3.05, 3.63) is 13.9 Å². The minimum absolute atomic E-state index is 0.768. The summed E-state index contributed by atoms with van der Waals surface area (Å²) in [7, 11) is 0. The Morgan fingerprint density at radius 3 is 2.43 bits per heavy atom. The first-order valence-electron chi connectivity index (χ1n) is 1.48. The molecule has 7 heavy (non-hydrogen) atoms. The molecular formula is C3Br2NS. The van der Waals surface area contributed by atoms with Crippen molar-refractivity contribution in [1.82, 2.24) is 4.98 Å². The molecule has 4 heteroatoms. The van der Waals surface area contributed by atoms with Gasteiger partial charge in [-0.25, -0.2) is 4.98 Å². The van der Waals surface area contributed by atoms with E-state index in [-0.39, 0.29) is 0 Å². The average molecular weight is 242 g/mol. The first kappa shape index (κ1) is 5.72. The maximum absolute atomic E-state index is 3.91. The summed E-state index contributed by atoms with van der Waals surface area (Å²) in [6.07, 6.45) is 0. The van der Waals surface area contributed by atoms with Crippen LogP contribution in [0.3, 0.4) is 0 Å². The molecular weight excluding hydrogens is 242 g/mol. The molecule has 0 bridgehead atoms. The van der Waals surface area contributed by atoms with Gasteiger partial charge in [-0.3, -0.25) is 0 Å². The molecule has 0 N–H and O–H groups in total. The molecule has 0 spiro atoms. The maximum Gasteiger partial charge on any atom is 0.161 e. The van der Waals surface area contributed by atoms with Gasteiger partial charge in [0.2, 0.25) is 0 Å². The van der Waals surface area contributed by atoms with Gasteiger partial charge in [0.1, 0.15) is 4.60 Å². The Balaban J connectivity index is 3.04. The number of hydrogen-bond donors (Lipinski definition) is 0. The highest BCUT2D eigenvalue weighted by atomic mass is 79.9. The minimum Gasteiger partial charge on any atom is -0.221 e. The highest BCUT2D eigenvalue weighted by Crippen LogP contribution is 2.18. The lowest BCUT2D eigenvalue weighted by Gasteiger charge is -1.66. The maximum atomic E-state index is 3.91. The molecule has 0 aliphatic rings. The summed E-state index contributed by atoms with van der Waals surface area (Å²) in [6, 6.07) is 0. The molecule has 37 valence electrons. The van der Waals surface area contributed by atoms with Crippen LogP contribution in [-0.2, 0) is 0 Å². The third kappa shape index (κ3) is 1.51. The van der Waals surface area contributed by atoms with Crippen molar-refractivity contribution in [2.45, 2.75) is 0 Å². The number of hydrogen-bond acceptors (Lipinski definition) is 2. The Labute approximate surface area is 62.0 Å². The molecule has 0 amide bonds. The van der Waals surface area contributed by atoms with Gasteiger partial charge in [0.15, 0.2) is 3.92 Å². The van der Waals surface area contributed by atoms with E-state index in [0.29, 0.717) is 0 Å². The second kappa shape index (κ2) is 2.24. The van der Waals surface area contributed by atoms with Gasteiger partial charge in [0.25, 0.3) is 0 Å². The Morgan fingerprint density at radius 1 is 1.57 bits per heavy atom. The smallest absolute Gasteiger partial charge is 0.161 e. The van der Waals surface area contributed by atoms with E-state index in [2.05, 4.69) is 42.2 Å². The van der Waals surface area contributed by atoms with Crippen LogP contribution in [-0.4, -0.2) is 4.98 Å². The Morgan fingerprint density at radius 2 is 2.29 bits per heavy atom. The quantitative estimate of drug-likeness (QED) is 0.680. The van der Waals surface area contributed by atoms with Crippen LogP contribution in [0.5, 0.6) is 0 Å². The molecule has 1 aromatic heterocycles. The number of thiazole rings is 1. The van der Waals surface area contributed by atoms with Crippen LogP contribution in [0, 0.1) is 5.38 Å². The third-order valence-electron chi connectivity index (χ3n) is 0.406. The molecule has 1 rings (SSSR count). The van der Waals surface area contributed by atoms with Crippen LogP contribution in [0.25, 0.3) is 0 Å². The van der Waals surface area contributed by atoms with E-state index in [4.69, 9.17) is 0 Å². The van der Waals surface area contributed by atoms with E-state index in [0.717, 1.165) is 8.52 Å². The zero-order valence-electron chi connectivity index (χ0n) is 3.11. The molecule has 0 fully saturated rings. The fourth-order valence-electron chi connectivity index (χ4n) is 0.207. The monoisotopic (exact) mass is 240 g/mol. The molecule has 0 atom stereocenters. The number of nitrogens with zero attached hydrogens (tertiary/aromatic N) is 1. The molecule has 0 aliphatic carbocycles. The van der Waals surface area contributed by atoms with Crippen molar-refractivity contribution in [1.29, 1.82) is 0 Å². The van der Waals surface area contributed by atoms with Crippen LogP contribution in [0.4, 0.5) is 0 Å². The van der Waals surface area contributed by atoms with Gasteiger partial charge in [0, 0.05) is 0 Å². The average Bonchev–Trinajstić information content (AvgIpc) is 1.87. The Hall–Kier alpha value is 0.590. The minimum atomic E-state index is 0.768. The lowest BCUT2D eigenvalue weighted by Crippen LogP contribution is -1.56. The van der Waals surface area contributed by atoms with Crippen molar-refractivity contribution in [2.75, 3.05) is 0 Å². The predicted octanol–water partition coefficient (Wildman–Crippen LogP) is 2.47. The fourth-order valence-corrected chi connectivity index (χ4v) is 1.75. The first-order chi connectivity index (χ1) is 3.29. The van der Waals surface area contributed by atoms with E-state index >= 15 is 0 Å². The first-order valence-corrected chi connectivity index (χ1v) is 3.89. The van der Waals surface area contributed by atoms with E-state index in [1.165, 1.54) is 11.3 Å². The molecule has 1 nitrogen and oxygen atoms in total. The summed E-state index contributed by atoms with van der Waals surface area (Å²) >= 11 is 7.76. The van der Waals surface area contributed by atoms with Crippen LogP contribution in [0.2, 0.25) is 0 Å². The molecule has 0 unspecified atom stereocenters. The Kier molecular flexibility index (Phi) is 1.83. The SMILES string of the molecule is Brc1[c]sc(Br)n1. The number of aromatic nitrogens is 1. The van der Waals surface area contributed by atoms with Gasteiger partial charge in [-0.1, -0.05) is 0 Å². The molecule has 0 aromatic carbocycles. The molecule has 0 saturated heterocycles. The van der Waals surface area contributed by atoms with E-state index in [1.54, 1.807) is 0 Å². The van der Waals surface area contributed by atoms with Crippen molar-refractivity contribution < 1.29 is 0 Å². The van der Waals surface area contributed by atoms with E-state index in [9.17, 15) is 0 Å². The third-order valence-corrected chi connectivity index (χ3v) is 2.26. The van der Waals surface area contributed by atoms with Crippen molar-refractivity contribution >= 4 is 43.2 Å². The Bertz CT molecular complexity index is 145. The summed E-state index contributed by atoms with van der Waals surface area (Å²) in [5, 5.41) is 2.87. The summed E-state index contributed by atoms with van der Waals surface area (Å²) in [5.74, 6) is 0. The number of rotatable bonds is 0. The topological polar surface area (TPSA) is 12.9 Å². The zero-order chi connectivity index (χ0) is 5.28. The lowest BCUT2D eigenvalue weighted by atomic mass is 11.0. The molecule has 1 aromatic rings. The van der Waals surface area contributed by atoms with Crippen molar-refractivity contribution in [3.63, 3.8) is 0 Å². The largest absolute Gasteiger partial charge is 0.221 e. The second-order valence-corrected chi connectivity index (χ2v) is 3.68. The van der Waals surface area contributed by atoms with Gasteiger partial charge in [-0.05, 0) is 31.9 Å². The van der Waals surface area contributed by atoms with Gasteiger partial charge in [-0.15, -0.1) is 11.3 Å². The normalized spacial score (nSPS) is 9.43. The second-order valence-electron chi connectivity index (χ2n) is 0.860. The van der Waals surface area contributed by atoms with Crippen molar-refractivity contribution in [2.24, 2.45) is 0 Å². The fraction of sp³-hybridized carbons (Fsp3) is 0. The summed E-state index contributed by atoms with van der Waals surface area (Å²) in [5.41, 5.74) is 0. The summed E-state index contributed by atoms with van der Waals surface area (Å²) < 4.78 is 1.63. The summed E-state index contributed by atoms with van der Waals surface area (Å²) in [4.78, 5) is 3.91. The standard InChI is InChI=1S/C3Br2NS/c4-2-1-7-3(5)6-2. The van der Waals surface area contributed by atoms with Crippen LogP contribution >= 0.6 is 43.2 Å². The molecule has 0 saturated carbocycles. The summed E-state index contributed by atoms with van der Waals surface area (Å²) in [6.45, 7) is 0. The van der Waals surface area contributed by atoms with Gasteiger partial charge in [-0.2, -0.15) is 0 Å². The zero-order valence-corrected chi connectivity index (χ0v) is 7.10. The van der Waals surface area contributed by atoms with Gasteiger partial charge < -0.3 is 0 Å². The predicted molar refractivity (Wildman–Crippen MR) is 36.3 cm³/mol. The van der Waals surface area contributed by atoms with E-state index in [1.807, 2.05) is 0 Å². The lowest BCUT2D eigenvalue weighted by molar-refractivity contribution is 1.32. The van der Waals surface area contributed by atoms with E-state index < -0.39 is 0 Å². The number of halogens is 2. The van der Waals surface area contributed by atoms with Crippen LogP contribution in [0.15, 0.2) is 8.52 Å². The van der Waals surface area contributed by atoms with Gasteiger partial charge >= 0.3 is 0 Å². The van der Waals surface area contributed by atoms with Crippen LogP contribution in [0.1, 0.15) is 0 Å².